The summed E-state index contributed by atoms with van der Waals surface area (Å²) < 4.78 is 10.3. The van der Waals surface area contributed by atoms with Crippen LogP contribution in [0.25, 0.3) is 0 Å². The van der Waals surface area contributed by atoms with Gasteiger partial charge in [-0.2, -0.15) is 0 Å². The minimum atomic E-state index is -1.07. The number of ether oxygens (including phenoxy) is 2. The Hall–Kier alpha value is -0.200. The SMILES string of the molecule is C[C@@H]1C[C@H](N(C)CC2CO2)[C@@H](O)C(O)O1. The molecule has 0 aliphatic carbocycles. The molecule has 5 nitrogen and oxygen atoms in total. The van der Waals surface area contributed by atoms with Crippen molar-refractivity contribution in [2.24, 2.45) is 0 Å². The van der Waals surface area contributed by atoms with Gasteiger partial charge < -0.3 is 19.7 Å². The van der Waals surface area contributed by atoms with Gasteiger partial charge >= 0.3 is 0 Å². The second-order valence-corrected chi connectivity index (χ2v) is 4.53. The molecular formula is C10H19NO4. The number of aliphatic hydroxyl groups excluding tert-OH is 2. The van der Waals surface area contributed by atoms with Crippen LogP contribution in [0.3, 0.4) is 0 Å². The molecule has 0 bridgehead atoms. The fourth-order valence-electron chi connectivity index (χ4n) is 2.11. The minimum absolute atomic E-state index is 0.0176. The van der Waals surface area contributed by atoms with Crippen molar-refractivity contribution in [3.05, 3.63) is 0 Å². The highest BCUT2D eigenvalue weighted by molar-refractivity contribution is 4.87. The number of epoxide rings is 1. The second kappa shape index (κ2) is 4.35. The van der Waals surface area contributed by atoms with E-state index in [1.165, 1.54) is 0 Å². The van der Waals surface area contributed by atoms with Crippen molar-refractivity contribution in [3.63, 3.8) is 0 Å². The summed E-state index contributed by atoms with van der Waals surface area (Å²) in [5.41, 5.74) is 0. The number of likely N-dealkylation sites (N-methyl/N-ethyl adjacent to an activating group) is 1. The molecule has 2 N–H and O–H groups in total. The van der Waals surface area contributed by atoms with Gasteiger partial charge in [0.15, 0.2) is 6.29 Å². The first-order valence-electron chi connectivity index (χ1n) is 5.41. The lowest BCUT2D eigenvalue weighted by molar-refractivity contribution is -0.231. The molecule has 0 saturated carbocycles. The van der Waals surface area contributed by atoms with Crippen LogP contribution in [0.5, 0.6) is 0 Å². The number of rotatable bonds is 3. The lowest BCUT2D eigenvalue weighted by atomic mass is 9.99. The summed E-state index contributed by atoms with van der Waals surface area (Å²) in [5.74, 6) is 0. The quantitative estimate of drug-likeness (QED) is 0.604. The molecule has 2 aliphatic rings. The number of hydrogen-bond donors (Lipinski definition) is 2. The van der Waals surface area contributed by atoms with E-state index in [1.54, 1.807) is 0 Å². The minimum Gasteiger partial charge on any atom is -0.386 e. The van der Waals surface area contributed by atoms with Crippen molar-refractivity contribution in [3.8, 4) is 0 Å². The molecule has 2 fully saturated rings. The summed E-state index contributed by atoms with van der Waals surface area (Å²) in [5, 5.41) is 19.3. The molecule has 2 unspecified atom stereocenters. The Morgan fingerprint density at radius 3 is 2.67 bits per heavy atom. The molecule has 0 radical (unpaired) electrons. The van der Waals surface area contributed by atoms with E-state index in [4.69, 9.17) is 9.47 Å². The van der Waals surface area contributed by atoms with Gasteiger partial charge in [-0.3, -0.25) is 4.90 Å². The summed E-state index contributed by atoms with van der Waals surface area (Å²) in [6, 6.07) is -0.0482. The van der Waals surface area contributed by atoms with Gasteiger partial charge in [-0.1, -0.05) is 0 Å². The Balaban J connectivity index is 1.92. The number of aliphatic hydroxyl groups is 2. The lowest BCUT2D eigenvalue weighted by Crippen LogP contribution is -2.54. The van der Waals surface area contributed by atoms with Gasteiger partial charge in [0, 0.05) is 12.6 Å². The van der Waals surface area contributed by atoms with Crippen LogP contribution in [0.4, 0.5) is 0 Å². The third kappa shape index (κ3) is 2.68. The molecule has 88 valence electrons. The fraction of sp³-hybridized carbons (Fsp3) is 1.00. The first-order chi connectivity index (χ1) is 7.08. The topological polar surface area (TPSA) is 65.5 Å². The van der Waals surface area contributed by atoms with E-state index in [2.05, 4.69) is 0 Å². The van der Waals surface area contributed by atoms with Crippen LogP contribution in [-0.4, -0.2) is 66.0 Å². The summed E-state index contributed by atoms with van der Waals surface area (Å²) in [7, 11) is 1.94. The van der Waals surface area contributed by atoms with Crippen molar-refractivity contribution in [2.45, 2.75) is 44.0 Å². The Morgan fingerprint density at radius 1 is 1.40 bits per heavy atom. The maximum absolute atomic E-state index is 9.80. The second-order valence-electron chi connectivity index (χ2n) is 4.53. The van der Waals surface area contributed by atoms with Gasteiger partial charge in [0.2, 0.25) is 0 Å². The van der Waals surface area contributed by atoms with E-state index in [1.807, 2.05) is 18.9 Å². The van der Waals surface area contributed by atoms with Gasteiger partial charge in [0.1, 0.15) is 6.10 Å². The highest BCUT2D eigenvalue weighted by Gasteiger charge is 2.38. The molecule has 5 heteroatoms. The first kappa shape index (κ1) is 11.3. The normalized spacial score (nSPS) is 45.8. The smallest absolute Gasteiger partial charge is 0.182 e. The third-order valence-corrected chi connectivity index (χ3v) is 3.09. The monoisotopic (exact) mass is 217 g/mol. The Morgan fingerprint density at radius 2 is 2.07 bits per heavy atom. The van der Waals surface area contributed by atoms with E-state index >= 15 is 0 Å². The average molecular weight is 217 g/mol. The molecule has 15 heavy (non-hydrogen) atoms. The maximum atomic E-state index is 9.80. The predicted molar refractivity (Wildman–Crippen MR) is 53.3 cm³/mol. The van der Waals surface area contributed by atoms with Crippen LogP contribution < -0.4 is 0 Å². The molecule has 5 atom stereocenters. The Kier molecular flexibility index (Phi) is 3.27. The van der Waals surface area contributed by atoms with Crippen LogP contribution in [0, 0.1) is 0 Å². The molecule has 0 spiro atoms. The van der Waals surface area contributed by atoms with Crippen LogP contribution in [0.15, 0.2) is 0 Å². The van der Waals surface area contributed by atoms with Crippen LogP contribution in [-0.2, 0) is 9.47 Å². The first-order valence-corrected chi connectivity index (χ1v) is 5.41. The molecule has 2 aliphatic heterocycles. The molecule has 0 aromatic carbocycles. The van der Waals surface area contributed by atoms with Crippen LogP contribution >= 0.6 is 0 Å². The zero-order valence-electron chi connectivity index (χ0n) is 9.17. The van der Waals surface area contributed by atoms with Gasteiger partial charge in [-0.15, -0.1) is 0 Å². The number of hydrogen-bond acceptors (Lipinski definition) is 5. The fourth-order valence-corrected chi connectivity index (χ4v) is 2.11. The molecule has 0 aromatic rings. The van der Waals surface area contributed by atoms with Crippen LogP contribution in [0.1, 0.15) is 13.3 Å². The van der Waals surface area contributed by atoms with Gasteiger partial charge in [-0.05, 0) is 20.4 Å². The standard InChI is InChI=1S/C10H19NO4/c1-6-3-8(9(12)10(13)15-6)11(2)4-7-5-14-7/h6-10,12-13H,3-5H2,1-2H3/t6-,7?,8+,9-,10?/m1/s1. The van der Waals surface area contributed by atoms with Crippen molar-refractivity contribution in [2.75, 3.05) is 20.2 Å². The van der Waals surface area contributed by atoms with Crippen molar-refractivity contribution in [1.82, 2.24) is 4.90 Å². The lowest BCUT2D eigenvalue weighted by Gasteiger charge is -2.40. The van der Waals surface area contributed by atoms with E-state index in [0.717, 1.165) is 19.6 Å². The van der Waals surface area contributed by atoms with Crippen LogP contribution in [0.2, 0.25) is 0 Å². The Bertz CT molecular complexity index is 221. The van der Waals surface area contributed by atoms with E-state index < -0.39 is 12.4 Å². The zero-order chi connectivity index (χ0) is 11.0. The average Bonchev–Trinajstić information content (AvgIpc) is 2.94. The van der Waals surface area contributed by atoms with Gasteiger partial charge in [0.05, 0.1) is 18.8 Å². The zero-order valence-corrected chi connectivity index (χ0v) is 9.17. The van der Waals surface area contributed by atoms with Crippen molar-refractivity contribution >= 4 is 0 Å². The maximum Gasteiger partial charge on any atom is 0.182 e. The highest BCUT2D eigenvalue weighted by atomic mass is 16.6. The van der Waals surface area contributed by atoms with E-state index in [-0.39, 0.29) is 12.1 Å². The molecule has 2 rings (SSSR count). The van der Waals surface area contributed by atoms with Crippen molar-refractivity contribution < 1.29 is 19.7 Å². The Labute approximate surface area is 89.6 Å². The summed E-state index contributed by atoms with van der Waals surface area (Å²) in [4.78, 5) is 2.05. The number of nitrogens with zero attached hydrogens (tertiary/aromatic N) is 1. The van der Waals surface area contributed by atoms with Gasteiger partial charge in [-0.25, -0.2) is 0 Å². The molecule has 0 amide bonds. The van der Waals surface area contributed by atoms with Crippen molar-refractivity contribution in [1.29, 1.82) is 0 Å². The summed E-state index contributed by atoms with van der Waals surface area (Å²) >= 11 is 0. The molecule has 0 aromatic heterocycles. The predicted octanol–water partition coefficient (Wildman–Crippen LogP) is -0.826. The van der Waals surface area contributed by atoms with Gasteiger partial charge in [0.25, 0.3) is 0 Å². The highest BCUT2D eigenvalue weighted by Crippen LogP contribution is 2.23. The third-order valence-electron chi connectivity index (χ3n) is 3.09. The summed E-state index contributed by atoms with van der Waals surface area (Å²) in [6.07, 6.45) is -0.874. The molecule has 2 heterocycles. The molecule has 2 saturated heterocycles. The van der Waals surface area contributed by atoms with E-state index in [9.17, 15) is 10.2 Å². The van der Waals surface area contributed by atoms with E-state index in [0.29, 0.717) is 6.10 Å². The summed E-state index contributed by atoms with van der Waals surface area (Å²) in [6.45, 7) is 3.52. The molecular weight excluding hydrogens is 198 g/mol. The largest absolute Gasteiger partial charge is 0.386 e.